The van der Waals surface area contributed by atoms with Crippen LogP contribution in [0.2, 0.25) is 5.15 Å². The van der Waals surface area contributed by atoms with Crippen molar-refractivity contribution in [1.82, 2.24) is 24.9 Å². The summed E-state index contributed by atoms with van der Waals surface area (Å²) in [5.41, 5.74) is 4.70. The minimum atomic E-state index is -0.372. The van der Waals surface area contributed by atoms with E-state index in [0.717, 1.165) is 23.4 Å². The highest BCUT2D eigenvalue weighted by atomic mass is 35.5. The van der Waals surface area contributed by atoms with E-state index in [1.54, 1.807) is 18.3 Å². The summed E-state index contributed by atoms with van der Waals surface area (Å²) in [5.74, 6) is 0.120. The highest BCUT2D eigenvalue weighted by Gasteiger charge is 2.20. The van der Waals surface area contributed by atoms with Crippen LogP contribution in [0.15, 0.2) is 36.8 Å². The Morgan fingerprint density at radius 2 is 2.03 bits per heavy atom. The minimum Gasteiger partial charge on any atom is -0.494 e. The Morgan fingerprint density at radius 1 is 1.17 bits per heavy atom. The van der Waals surface area contributed by atoms with Gasteiger partial charge in [0, 0.05) is 29.4 Å². The monoisotopic (exact) mass is 508 g/mol. The molecule has 5 rings (SSSR count). The molecule has 0 aliphatic carbocycles. The number of anilines is 1. The van der Waals surface area contributed by atoms with Gasteiger partial charge in [-0.05, 0) is 31.6 Å². The van der Waals surface area contributed by atoms with Crippen molar-refractivity contribution in [2.45, 2.75) is 26.4 Å². The number of aryl methyl sites for hydroxylation is 1. The highest BCUT2D eigenvalue weighted by Crippen LogP contribution is 2.34. The van der Waals surface area contributed by atoms with Crippen molar-refractivity contribution in [3.63, 3.8) is 0 Å². The minimum absolute atomic E-state index is 0.134. The van der Waals surface area contributed by atoms with Gasteiger partial charge in [0.05, 0.1) is 43.5 Å². The number of nitrogens with one attached hydrogen (secondary N) is 1. The van der Waals surface area contributed by atoms with Crippen LogP contribution in [0.3, 0.4) is 0 Å². The van der Waals surface area contributed by atoms with Crippen LogP contribution in [0.25, 0.3) is 27.2 Å². The number of halogens is 1. The van der Waals surface area contributed by atoms with Crippen LogP contribution in [0.1, 0.15) is 35.1 Å². The third-order valence-corrected chi connectivity index (χ3v) is 6.58. The first-order chi connectivity index (χ1) is 16.9. The standard InChI is InChI=1S/C24H21ClN6O3S/c1-12-6-15(16-8-20(25)27-11-19(16)33-3)17(9-26-12)22(32)31-24-30-21-23(35-24)29-18(10-28-21)14-4-5-34-13(2)7-14/h4,6,8-11,13H,5,7H2,1-3H3,(H,28,30,31,32). The number of fused-ring (bicyclic) bond motifs is 1. The molecule has 0 spiro atoms. The van der Waals surface area contributed by atoms with Crippen molar-refractivity contribution in [1.29, 1.82) is 0 Å². The van der Waals surface area contributed by atoms with E-state index in [2.05, 4.69) is 25.3 Å². The molecule has 35 heavy (non-hydrogen) atoms. The molecule has 1 N–H and O–H groups in total. The molecule has 1 unspecified atom stereocenters. The zero-order chi connectivity index (χ0) is 24.5. The number of hydrogen-bond acceptors (Lipinski definition) is 9. The lowest BCUT2D eigenvalue weighted by Crippen LogP contribution is -2.14. The second-order valence-corrected chi connectivity index (χ2v) is 9.38. The largest absolute Gasteiger partial charge is 0.494 e. The van der Waals surface area contributed by atoms with Gasteiger partial charge in [0.2, 0.25) is 0 Å². The Labute approximate surface area is 210 Å². The van der Waals surface area contributed by atoms with Crippen LogP contribution in [-0.4, -0.2) is 50.6 Å². The molecule has 0 saturated carbocycles. The molecule has 9 nitrogen and oxygen atoms in total. The van der Waals surface area contributed by atoms with Gasteiger partial charge in [-0.1, -0.05) is 29.0 Å². The van der Waals surface area contributed by atoms with Gasteiger partial charge >= 0.3 is 0 Å². The third kappa shape index (κ3) is 4.86. The number of nitrogens with zero attached hydrogens (tertiary/aromatic N) is 5. The normalized spacial score (nSPS) is 15.7. The van der Waals surface area contributed by atoms with Gasteiger partial charge in [0.25, 0.3) is 5.91 Å². The van der Waals surface area contributed by atoms with Gasteiger partial charge in [-0.3, -0.25) is 15.1 Å². The number of hydrogen-bond donors (Lipinski definition) is 1. The molecular formula is C24H21ClN6O3S. The molecule has 4 aromatic heterocycles. The van der Waals surface area contributed by atoms with Crippen molar-refractivity contribution in [3.05, 3.63) is 58.9 Å². The predicted octanol–water partition coefficient (Wildman–Crippen LogP) is 4.96. The summed E-state index contributed by atoms with van der Waals surface area (Å²) in [6.45, 7) is 4.43. The summed E-state index contributed by atoms with van der Waals surface area (Å²) in [4.78, 5) is 35.9. The number of carbonyl (C=O) groups excluding carboxylic acids is 1. The molecule has 5 heterocycles. The average Bonchev–Trinajstić information content (AvgIpc) is 3.25. The molecule has 0 radical (unpaired) electrons. The molecule has 0 fully saturated rings. The van der Waals surface area contributed by atoms with Crippen molar-refractivity contribution in [2.24, 2.45) is 0 Å². The van der Waals surface area contributed by atoms with Crippen molar-refractivity contribution >= 4 is 50.0 Å². The average molecular weight is 509 g/mol. The predicted molar refractivity (Wildman–Crippen MR) is 135 cm³/mol. The van der Waals surface area contributed by atoms with E-state index in [-0.39, 0.29) is 17.2 Å². The Hall–Kier alpha value is -3.47. The maximum absolute atomic E-state index is 13.3. The van der Waals surface area contributed by atoms with Gasteiger partial charge in [0.1, 0.15) is 10.9 Å². The number of methoxy groups -OCH3 is 1. The van der Waals surface area contributed by atoms with Crippen LogP contribution in [-0.2, 0) is 4.74 Å². The van der Waals surface area contributed by atoms with Gasteiger partial charge < -0.3 is 9.47 Å². The Morgan fingerprint density at radius 3 is 2.83 bits per heavy atom. The van der Waals surface area contributed by atoms with Crippen molar-refractivity contribution < 1.29 is 14.3 Å². The van der Waals surface area contributed by atoms with E-state index in [0.29, 0.717) is 44.7 Å². The van der Waals surface area contributed by atoms with Crippen LogP contribution in [0.5, 0.6) is 5.75 Å². The molecule has 1 aliphatic rings. The van der Waals surface area contributed by atoms with E-state index < -0.39 is 0 Å². The Bertz CT molecular complexity index is 1470. The summed E-state index contributed by atoms with van der Waals surface area (Å²) in [6.07, 6.45) is 7.68. The molecule has 4 aromatic rings. The number of amides is 1. The van der Waals surface area contributed by atoms with E-state index in [1.165, 1.54) is 30.8 Å². The first-order valence-corrected chi connectivity index (χ1v) is 12.0. The summed E-state index contributed by atoms with van der Waals surface area (Å²) < 4.78 is 11.0. The summed E-state index contributed by atoms with van der Waals surface area (Å²) in [6, 6.07) is 3.46. The van der Waals surface area contributed by atoms with Gasteiger partial charge in [0.15, 0.2) is 15.6 Å². The number of rotatable bonds is 5. The lowest BCUT2D eigenvalue weighted by Gasteiger charge is -2.19. The maximum Gasteiger partial charge on any atom is 0.259 e. The van der Waals surface area contributed by atoms with Gasteiger partial charge in [-0.25, -0.2) is 15.0 Å². The summed E-state index contributed by atoms with van der Waals surface area (Å²) in [7, 11) is 1.54. The molecular weight excluding hydrogens is 488 g/mol. The molecule has 0 bridgehead atoms. The zero-order valence-corrected chi connectivity index (χ0v) is 20.8. The quantitative estimate of drug-likeness (QED) is 0.376. The number of ether oxygens (including phenoxy) is 2. The fourth-order valence-corrected chi connectivity index (χ4v) is 4.77. The second-order valence-electron chi connectivity index (χ2n) is 8.01. The molecule has 1 aliphatic heterocycles. The van der Waals surface area contributed by atoms with Crippen molar-refractivity contribution in [2.75, 3.05) is 19.0 Å². The summed E-state index contributed by atoms with van der Waals surface area (Å²) in [5, 5.41) is 3.54. The molecule has 11 heteroatoms. The SMILES string of the molecule is COc1cnc(Cl)cc1-c1cc(C)ncc1C(=O)Nc1nc2ncc(C3=CCOC(C)C3)nc2s1. The fraction of sp³-hybridized carbons (Fsp3) is 0.250. The molecule has 1 amide bonds. The van der Waals surface area contributed by atoms with Crippen LogP contribution in [0.4, 0.5) is 5.13 Å². The lowest BCUT2D eigenvalue weighted by atomic mass is 10.0. The molecule has 0 saturated heterocycles. The van der Waals surface area contributed by atoms with Crippen LogP contribution in [0, 0.1) is 6.92 Å². The molecule has 0 aromatic carbocycles. The number of thiazole rings is 1. The first-order valence-electron chi connectivity index (χ1n) is 10.8. The van der Waals surface area contributed by atoms with E-state index in [4.69, 9.17) is 26.1 Å². The first kappa shape index (κ1) is 23.3. The van der Waals surface area contributed by atoms with Gasteiger partial charge in [-0.15, -0.1) is 0 Å². The molecule has 178 valence electrons. The topological polar surface area (TPSA) is 112 Å². The Kier molecular flexibility index (Phi) is 6.42. The maximum atomic E-state index is 13.3. The van der Waals surface area contributed by atoms with E-state index in [9.17, 15) is 4.79 Å². The van der Waals surface area contributed by atoms with Crippen LogP contribution < -0.4 is 10.1 Å². The van der Waals surface area contributed by atoms with Crippen LogP contribution >= 0.6 is 22.9 Å². The smallest absolute Gasteiger partial charge is 0.259 e. The number of carbonyl (C=O) groups is 1. The zero-order valence-electron chi connectivity index (χ0n) is 19.2. The Balaban J connectivity index is 1.46. The third-order valence-electron chi connectivity index (χ3n) is 5.52. The molecule has 1 atom stereocenters. The van der Waals surface area contributed by atoms with E-state index >= 15 is 0 Å². The lowest BCUT2D eigenvalue weighted by molar-refractivity contribution is 0.0850. The number of aromatic nitrogens is 5. The second kappa shape index (κ2) is 9.65. The summed E-state index contributed by atoms with van der Waals surface area (Å²) >= 11 is 7.39. The number of pyridine rings is 2. The fourth-order valence-electron chi connectivity index (χ4n) is 3.82. The van der Waals surface area contributed by atoms with E-state index in [1.807, 2.05) is 19.9 Å². The van der Waals surface area contributed by atoms with Gasteiger partial charge in [-0.2, -0.15) is 4.98 Å². The highest BCUT2D eigenvalue weighted by molar-refractivity contribution is 7.21. The van der Waals surface area contributed by atoms with Crippen molar-refractivity contribution in [3.8, 4) is 16.9 Å².